The second kappa shape index (κ2) is 6.15. The van der Waals surface area contributed by atoms with Crippen molar-refractivity contribution >= 4 is 11.9 Å². The number of aryl methyl sites for hydroxylation is 1. The molecule has 0 radical (unpaired) electrons. The third-order valence-corrected chi connectivity index (χ3v) is 2.64. The highest BCUT2D eigenvalue weighted by Crippen LogP contribution is 2.12. The van der Waals surface area contributed by atoms with Crippen molar-refractivity contribution < 1.29 is 14.7 Å². The maximum Gasteiger partial charge on any atom is 0.305 e. The summed E-state index contributed by atoms with van der Waals surface area (Å²) in [5, 5.41) is 12.6. The Hall–Kier alpha value is -1.89. The molecule has 0 saturated heterocycles. The Morgan fingerprint density at radius 1 is 1.61 bits per heavy atom. The number of aromatic nitrogens is 2. The van der Waals surface area contributed by atoms with Gasteiger partial charge in [-0.1, -0.05) is 0 Å². The van der Waals surface area contributed by atoms with E-state index in [1.807, 2.05) is 0 Å². The van der Waals surface area contributed by atoms with Crippen molar-refractivity contribution in [3.63, 3.8) is 0 Å². The van der Waals surface area contributed by atoms with E-state index in [1.54, 1.807) is 24.9 Å². The number of carbonyl (C=O) groups excluding carboxylic acids is 1. The molecule has 1 unspecified atom stereocenters. The Kier molecular flexibility index (Phi) is 4.85. The van der Waals surface area contributed by atoms with Crippen molar-refractivity contribution in [1.29, 1.82) is 0 Å². The smallest absolute Gasteiger partial charge is 0.305 e. The first kappa shape index (κ1) is 14.2. The summed E-state index contributed by atoms with van der Waals surface area (Å²) < 4.78 is 1.57. The molecule has 1 aromatic heterocycles. The van der Waals surface area contributed by atoms with Crippen molar-refractivity contribution in [3.05, 3.63) is 18.0 Å². The van der Waals surface area contributed by atoms with Gasteiger partial charge in [0.2, 0.25) is 5.91 Å². The Morgan fingerprint density at radius 2 is 2.28 bits per heavy atom. The highest BCUT2D eigenvalue weighted by atomic mass is 16.4. The number of nitrogens with two attached hydrogens (primary N) is 1. The van der Waals surface area contributed by atoms with Gasteiger partial charge in [0.25, 0.3) is 0 Å². The third kappa shape index (κ3) is 3.56. The first-order chi connectivity index (χ1) is 8.45. The van der Waals surface area contributed by atoms with Crippen molar-refractivity contribution in [2.24, 2.45) is 12.8 Å². The molecule has 0 bridgehead atoms. The molecule has 1 aromatic rings. The van der Waals surface area contributed by atoms with E-state index in [0.29, 0.717) is 12.1 Å². The van der Waals surface area contributed by atoms with E-state index in [1.165, 1.54) is 11.1 Å². The minimum atomic E-state index is -0.934. The van der Waals surface area contributed by atoms with Crippen LogP contribution in [0.25, 0.3) is 0 Å². The van der Waals surface area contributed by atoms with E-state index in [0.717, 1.165) is 0 Å². The zero-order valence-electron chi connectivity index (χ0n) is 10.5. The number of aliphatic carboxylic acids is 1. The number of carboxylic acids is 1. The maximum atomic E-state index is 12.1. The molecule has 0 saturated carbocycles. The largest absolute Gasteiger partial charge is 0.481 e. The second-order valence-electron chi connectivity index (χ2n) is 3.99. The fraction of sp³-hybridized carbons (Fsp3) is 0.545. The van der Waals surface area contributed by atoms with Gasteiger partial charge in [-0.3, -0.25) is 14.3 Å². The number of hydrogen-bond acceptors (Lipinski definition) is 4. The molecule has 0 fully saturated rings. The summed E-state index contributed by atoms with van der Waals surface area (Å²) in [6.07, 6.45) is 3.13. The Balaban J connectivity index is 2.68. The Labute approximate surface area is 105 Å². The van der Waals surface area contributed by atoms with E-state index >= 15 is 0 Å². The van der Waals surface area contributed by atoms with Gasteiger partial charge in [-0.05, 0) is 6.92 Å². The lowest BCUT2D eigenvalue weighted by Gasteiger charge is -2.23. The molecule has 1 atom stereocenters. The predicted molar refractivity (Wildman–Crippen MR) is 64.6 cm³/mol. The van der Waals surface area contributed by atoms with Gasteiger partial charge in [-0.15, -0.1) is 0 Å². The van der Waals surface area contributed by atoms with E-state index < -0.39 is 12.0 Å². The van der Waals surface area contributed by atoms with Crippen LogP contribution in [-0.4, -0.2) is 44.8 Å². The van der Waals surface area contributed by atoms with Gasteiger partial charge in [-0.25, -0.2) is 0 Å². The highest BCUT2D eigenvalue weighted by molar-refractivity contribution is 5.83. The molecule has 7 heteroatoms. The van der Waals surface area contributed by atoms with E-state index in [2.05, 4.69) is 5.10 Å². The van der Waals surface area contributed by atoms with E-state index in [9.17, 15) is 9.59 Å². The van der Waals surface area contributed by atoms with Gasteiger partial charge in [0, 0.05) is 31.9 Å². The van der Waals surface area contributed by atoms with Crippen molar-refractivity contribution in [1.82, 2.24) is 14.7 Å². The van der Waals surface area contributed by atoms with Crippen LogP contribution in [0.15, 0.2) is 12.4 Å². The molecule has 18 heavy (non-hydrogen) atoms. The van der Waals surface area contributed by atoms with Crippen LogP contribution in [0, 0.1) is 0 Å². The standard InChI is InChI=1S/C11H18N4O3/c1-3-15(5-4-9(16)17)11(18)10(12)8-6-13-14(2)7-8/h6-7,10H,3-5,12H2,1-2H3,(H,16,17). The summed E-state index contributed by atoms with van der Waals surface area (Å²) in [5.41, 5.74) is 6.46. The first-order valence-corrected chi connectivity index (χ1v) is 5.70. The summed E-state index contributed by atoms with van der Waals surface area (Å²) in [4.78, 5) is 24.0. The van der Waals surface area contributed by atoms with Gasteiger partial charge in [0.05, 0.1) is 12.6 Å². The van der Waals surface area contributed by atoms with Crippen molar-refractivity contribution in [2.45, 2.75) is 19.4 Å². The summed E-state index contributed by atoms with van der Waals surface area (Å²) in [7, 11) is 1.74. The second-order valence-corrected chi connectivity index (χ2v) is 3.99. The van der Waals surface area contributed by atoms with Crippen molar-refractivity contribution in [3.8, 4) is 0 Å². The van der Waals surface area contributed by atoms with Crippen LogP contribution >= 0.6 is 0 Å². The minimum Gasteiger partial charge on any atom is -0.481 e. The lowest BCUT2D eigenvalue weighted by Crippen LogP contribution is -2.39. The molecule has 1 amide bonds. The lowest BCUT2D eigenvalue weighted by atomic mass is 10.1. The van der Waals surface area contributed by atoms with Crippen LogP contribution in [0.5, 0.6) is 0 Å². The number of hydrogen-bond donors (Lipinski definition) is 2. The molecule has 0 aliphatic heterocycles. The molecule has 1 rings (SSSR count). The number of amides is 1. The molecule has 1 heterocycles. The third-order valence-electron chi connectivity index (χ3n) is 2.64. The van der Waals surface area contributed by atoms with Gasteiger partial charge in [0.15, 0.2) is 0 Å². The number of nitrogens with zero attached hydrogens (tertiary/aromatic N) is 3. The van der Waals surface area contributed by atoms with Crippen LogP contribution in [0.4, 0.5) is 0 Å². The molecule has 0 aliphatic carbocycles. The van der Waals surface area contributed by atoms with Crippen LogP contribution in [0.1, 0.15) is 24.9 Å². The first-order valence-electron chi connectivity index (χ1n) is 5.70. The summed E-state index contributed by atoms with van der Waals surface area (Å²) in [6, 6.07) is -0.799. The van der Waals surface area contributed by atoms with Crippen LogP contribution in [0.3, 0.4) is 0 Å². The zero-order valence-corrected chi connectivity index (χ0v) is 10.5. The van der Waals surface area contributed by atoms with Crippen LogP contribution in [-0.2, 0) is 16.6 Å². The fourth-order valence-electron chi connectivity index (χ4n) is 1.59. The Bertz CT molecular complexity index is 430. The molecule has 0 spiro atoms. The number of carbonyl (C=O) groups is 2. The van der Waals surface area contributed by atoms with Crippen LogP contribution in [0.2, 0.25) is 0 Å². The van der Waals surface area contributed by atoms with Crippen LogP contribution < -0.4 is 5.73 Å². The van der Waals surface area contributed by atoms with E-state index in [-0.39, 0.29) is 18.9 Å². The van der Waals surface area contributed by atoms with Gasteiger partial charge < -0.3 is 15.7 Å². The average Bonchev–Trinajstić information content (AvgIpc) is 2.75. The number of carboxylic acid groups (broad SMARTS) is 1. The molecular weight excluding hydrogens is 236 g/mol. The van der Waals surface area contributed by atoms with Crippen molar-refractivity contribution in [2.75, 3.05) is 13.1 Å². The SMILES string of the molecule is CCN(CCC(=O)O)C(=O)C(N)c1cnn(C)c1. The summed E-state index contributed by atoms with van der Waals surface area (Å²) in [6.45, 7) is 2.38. The van der Waals surface area contributed by atoms with Gasteiger partial charge in [0.1, 0.15) is 6.04 Å². The molecule has 3 N–H and O–H groups in total. The topological polar surface area (TPSA) is 101 Å². The average molecular weight is 254 g/mol. The predicted octanol–water partition coefficient (Wildman–Crippen LogP) is -0.257. The lowest BCUT2D eigenvalue weighted by molar-refractivity contribution is -0.138. The minimum absolute atomic E-state index is 0.0840. The summed E-state index contributed by atoms with van der Waals surface area (Å²) >= 11 is 0. The van der Waals surface area contributed by atoms with Gasteiger partial charge >= 0.3 is 5.97 Å². The Morgan fingerprint density at radius 3 is 2.72 bits per heavy atom. The number of likely N-dealkylation sites (N-methyl/N-ethyl adjacent to an activating group) is 1. The maximum absolute atomic E-state index is 12.1. The summed E-state index contributed by atoms with van der Waals surface area (Å²) in [5.74, 6) is -1.22. The zero-order chi connectivity index (χ0) is 13.7. The molecule has 7 nitrogen and oxygen atoms in total. The van der Waals surface area contributed by atoms with E-state index in [4.69, 9.17) is 10.8 Å². The van der Waals surface area contributed by atoms with Gasteiger partial charge in [-0.2, -0.15) is 5.10 Å². The molecule has 0 aromatic carbocycles. The normalized spacial score (nSPS) is 12.2. The fourth-order valence-corrected chi connectivity index (χ4v) is 1.59. The highest BCUT2D eigenvalue weighted by Gasteiger charge is 2.22. The molecule has 100 valence electrons. The molecule has 0 aliphatic rings. The molecular formula is C11H18N4O3. The quantitative estimate of drug-likeness (QED) is 0.728. The monoisotopic (exact) mass is 254 g/mol. The number of rotatable bonds is 6.